The summed E-state index contributed by atoms with van der Waals surface area (Å²) in [5, 5.41) is 11.9. The third-order valence-electron chi connectivity index (χ3n) is 4.60. The van der Waals surface area contributed by atoms with Crippen molar-refractivity contribution in [3.05, 3.63) is 23.8 Å². The molecule has 1 amide bonds. The Bertz CT molecular complexity index is 691. The van der Waals surface area contributed by atoms with Crippen LogP contribution in [0.25, 0.3) is 0 Å². The second-order valence-corrected chi connectivity index (χ2v) is 7.31. The molecule has 2 N–H and O–H groups in total. The van der Waals surface area contributed by atoms with Gasteiger partial charge in [0.2, 0.25) is 0 Å². The van der Waals surface area contributed by atoms with E-state index in [9.17, 15) is 19.5 Å². The van der Waals surface area contributed by atoms with Gasteiger partial charge in [0.15, 0.2) is 0 Å². The van der Waals surface area contributed by atoms with Gasteiger partial charge in [-0.1, -0.05) is 65.2 Å². The van der Waals surface area contributed by atoms with E-state index in [0.717, 1.165) is 64.2 Å². The molecular formula is C23H35NO7. The number of nitrogens with one attached hydrogen (secondary N) is 1. The fourth-order valence-electron chi connectivity index (χ4n) is 2.87. The monoisotopic (exact) mass is 437 g/mol. The lowest BCUT2D eigenvalue weighted by Gasteiger charge is -2.11. The maximum absolute atomic E-state index is 11.9. The van der Waals surface area contributed by atoms with Crippen molar-refractivity contribution in [1.82, 2.24) is 0 Å². The van der Waals surface area contributed by atoms with Gasteiger partial charge in [-0.15, -0.1) is 0 Å². The Morgan fingerprint density at radius 3 is 2.00 bits per heavy atom. The van der Waals surface area contributed by atoms with Crippen molar-refractivity contribution in [2.24, 2.45) is 0 Å². The molecule has 0 fully saturated rings. The largest absolute Gasteiger partial charge is 0.513 e. The van der Waals surface area contributed by atoms with Crippen LogP contribution in [0.3, 0.4) is 0 Å². The SMILES string of the molecule is CCCCCCCOC(=O)Nc1ccc(OC(=O)OCCCCCCC)c(C(=O)O)c1. The van der Waals surface area contributed by atoms with Crippen LogP contribution >= 0.6 is 0 Å². The number of carbonyl (C=O) groups is 3. The van der Waals surface area contributed by atoms with Gasteiger partial charge in [-0.05, 0) is 31.0 Å². The van der Waals surface area contributed by atoms with Crippen LogP contribution in [0.1, 0.15) is 88.4 Å². The van der Waals surface area contributed by atoms with Crippen LogP contribution in [0.15, 0.2) is 18.2 Å². The Balaban J connectivity index is 2.49. The number of benzene rings is 1. The van der Waals surface area contributed by atoms with Crippen molar-refractivity contribution in [3.63, 3.8) is 0 Å². The number of carboxylic acid groups (broad SMARTS) is 1. The molecular weight excluding hydrogens is 402 g/mol. The topological polar surface area (TPSA) is 111 Å². The van der Waals surface area contributed by atoms with Crippen molar-refractivity contribution < 1.29 is 33.7 Å². The number of carboxylic acids is 1. The van der Waals surface area contributed by atoms with E-state index in [4.69, 9.17) is 14.2 Å². The third-order valence-corrected chi connectivity index (χ3v) is 4.60. The van der Waals surface area contributed by atoms with Crippen LogP contribution in [0, 0.1) is 0 Å². The molecule has 0 saturated heterocycles. The van der Waals surface area contributed by atoms with Gasteiger partial charge in [0.1, 0.15) is 11.3 Å². The molecule has 0 atom stereocenters. The highest BCUT2D eigenvalue weighted by Crippen LogP contribution is 2.24. The molecule has 0 aliphatic carbocycles. The zero-order valence-corrected chi connectivity index (χ0v) is 18.6. The number of amides is 1. The molecule has 0 radical (unpaired) electrons. The lowest BCUT2D eigenvalue weighted by atomic mass is 10.2. The number of aromatic carboxylic acids is 1. The predicted molar refractivity (Wildman–Crippen MR) is 118 cm³/mol. The van der Waals surface area contributed by atoms with Gasteiger partial charge in [-0.2, -0.15) is 0 Å². The van der Waals surface area contributed by atoms with Gasteiger partial charge in [0.25, 0.3) is 0 Å². The Hall–Kier alpha value is -2.77. The highest BCUT2D eigenvalue weighted by molar-refractivity contribution is 5.94. The number of unbranched alkanes of at least 4 members (excludes halogenated alkanes) is 8. The normalized spacial score (nSPS) is 10.4. The van der Waals surface area contributed by atoms with E-state index in [1.807, 2.05) is 0 Å². The van der Waals surface area contributed by atoms with Gasteiger partial charge in [0.05, 0.1) is 13.2 Å². The van der Waals surface area contributed by atoms with E-state index in [-0.39, 0.29) is 23.6 Å². The molecule has 1 rings (SSSR count). The Morgan fingerprint density at radius 2 is 1.42 bits per heavy atom. The van der Waals surface area contributed by atoms with E-state index >= 15 is 0 Å². The molecule has 0 saturated carbocycles. The van der Waals surface area contributed by atoms with Crippen LogP contribution in [0.5, 0.6) is 5.75 Å². The van der Waals surface area contributed by atoms with E-state index in [1.165, 1.54) is 18.2 Å². The van der Waals surface area contributed by atoms with Gasteiger partial charge in [-0.25, -0.2) is 14.4 Å². The Kier molecular flexibility index (Phi) is 13.5. The maximum atomic E-state index is 11.9. The van der Waals surface area contributed by atoms with Crippen LogP contribution in [-0.4, -0.2) is 36.5 Å². The highest BCUT2D eigenvalue weighted by atomic mass is 16.7. The highest BCUT2D eigenvalue weighted by Gasteiger charge is 2.17. The van der Waals surface area contributed by atoms with Crippen molar-refractivity contribution in [2.75, 3.05) is 18.5 Å². The summed E-state index contributed by atoms with van der Waals surface area (Å²) in [4.78, 5) is 35.2. The molecule has 31 heavy (non-hydrogen) atoms. The summed E-state index contributed by atoms with van der Waals surface area (Å²) in [7, 11) is 0. The van der Waals surface area contributed by atoms with Gasteiger partial charge >= 0.3 is 18.2 Å². The van der Waals surface area contributed by atoms with Crippen LogP contribution < -0.4 is 10.1 Å². The molecule has 0 aliphatic heterocycles. The summed E-state index contributed by atoms with van der Waals surface area (Å²) in [5.74, 6) is -1.45. The molecule has 0 aromatic heterocycles. The zero-order valence-electron chi connectivity index (χ0n) is 18.6. The summed E-state index contributed by atoms with van der Waals surface area (Å²) in [6.07, 6.45) is 8.58. The molecule has 0 heterocycles. The smallest absolute Gasteiger partial charge is 0.478 e. The molecule has 0 unspecified atom stereocenters. The number of hydrogen-bond acceptors (Lipinski definition) is 6. The number of carbonyl (C=O) groups excluding carboxylic acids is 2. The average molecular weight is 438 g/mol. The minimum absolute atomic E-state index is 0.154. The van der Waals surface area contributed by atoms with Crippen molar-refractivity contribution in [2.45, 2.75) is 78.1 Å². The summed E-state index contributed by atoms with van der Waals surface area (Å²) < 4.78 is 15.1. The molecule has 8 nitrogen and oxygen atoms in total. The standard InChI is InChI=1S/C23H35NO7/c1-3-5-7-9-11-15-29-22(27)24-18-13-14-20(19(17-18)21(25)26)31-23(28)30-16-12-10-8-6-4-2/h13-14,17H,3-12,15-16H2,1-2H3,(H,24,27)(H,25,26). The first-order chi connectivity index (χ1) is 15.0. The molecule has 0 aliphatic rings. The van der Waals surface area contributed by atoms with Crippen LogP contribution in [0.4, 0.5) is 15.3 Å². The zero-order chi connectivity index (χ0) is 22.9. The predicted octanol–water partition coefficient (Wildman–Crippen LogP) is 6.39. The molecule has 1 aromatic carbocycles. The third kappa shape index (κ3) is 11.9. The number of ether oxygens (including phenoxy) is 3. The van der Waals surface area contributed by atoms with Crippen LogP contribution in [-0.2, 0) is 9.47 Å². The quantitative estimate of drug-likeness (QED) is 0.186. The summed E-state index contributed by atoms with van der Waals surface area (Å²) in [5.41, 5.74) is -0.0396. The van der Waals surface area contributed by atoms with Gasteiger partial charge < -0.3 is 19.3 Å². The van der Waals surface area contributed by atoms with E-state index in [2.05, 4.69) is 19.2 Å². The molecule has 0 spiro atoms. The minimum atomic E-state index is -1.30. The Morgan fingerprint density at radius 1 is 0.839 bits per heavy atom. The van der Waals surface area contributed by atoms with E-state index < -0.39 is 18.2 Å². The van der Waals surface area contributed by atoms with Gasteiger partial charge in [-0.3, -0.25) is 5.32 Å². The lowest BCUT2D eigenvalue weighted by molar-refractivity contribution is 0.0689. The second kappa shape index (κ2) is 16.0. The van der Waals surface area contributed by atoms with E-state index in [0.29, 0.717) is 6.61 Å². The molecule has 0 bridgehead atoms. The maximum Gasteiger partial charge on any atom is 0.513 e. The van der Waals surface area contributed by atoms with E-state index in [1.54, 1.807) is 0 Å². The van der Waals surface area contributed by atoms with Crippen LogP contribution in [0.2, 0.25) is 0 Å². The number of anilines is 1. The second-order valence-electron chi connectivity index (χ2n) is 7.31. The lowest BCUT2D eigenvalue weighted by Crippen LogP contribution is -2.16. The summed E-state index contributed by atoms with van der Waals surface area (Å²) in [6, 6.07) is 3.94. The summed E-state index contributed by atoms with van der Waals surface area (Å²) >= 11 is 0. The fourth-order valence-corrected chi connectivity index (χ4v) is 2.87. The number of rotatable bonds is 15. The first kappa shape index (κ1) is 26.3. The minimum Gasteiger partial charge on any atom is -0.478 e. The molecule has 174 valence electrons. The fraction of sp³-hybridized carbons (Fsp3) is 0.609. The first-order valence-electron chi connectivity index (χ1n) is 11.1. The molecule has 1 aromatic rings. The van der Waals surface area contributed by atoms with Crippen molar-refractivity contribution >= 4 is 23.9 Å². The Labute approximate surface area is 184 Å². The summed E-state index contributed by atoms with van der Waals surface area (Å²) in [6.45, 7) is 4.76. The van der Waals surface area contributed by atoms with Gasteiger partial charge in [0, 0.05) is 5.69 Å². The molecule has 8 heteroatoms. The number of hydrogen-bond donors (Lipinski definition) is 2. The van der Waals surface area contributed by atoms with Crippen molar-refractivity contribution in [3.8, 4) is 5.75 Å². The average Bonchev–Trinajstić information content (AvgIpc) is 2.74. The first-order valence-corrected chi connectivity index (χ1v) is 11.1. The van der Waals surface area contributed by atoms with Crippen molar-refractivity contribution in [1.29, 1.82) is 0 Å².